The van der Waals surface area contributed by atoms with E-state index in [1.54, 1.807) is 6.07 Å². The Kier molecular flexibility index (Phi) is 7.56. The highest BCUT2D eigenvalue weighted by Crippen LogP contribution is 2.37. The molecule has 1 saturated carbocycles. The van der Waals surface area contributed by atoms with Crippen LogP contribution in [0.25, 0.3) is 0 Å². The Morgan fingerprint density at radius 1 is 0.844 bits per heavy atom. The maximum atomic E-state index is 14.6. The first-order chi connectivity index (χ1) is 15.2. The van der Waals surface area contributed by atoms with E-state index in [-0.39, 0.29) is 11.1 Å². The Balaban J connectivity index is 1.75. The summed E-state index contributed by atoms with van der Waals surface area (Å²) in [5.41, 5.74) is -0.116. The molecule has 0 nitrogen and oxygen atoms in total. The Morgan fingerprint density at radius 2 is 1.50 bits per heavy atom. The molecule has 6 heteroatoms. The highest BCUT2D eigenvalue weighted by molar-refractivity contribution is 5.48. The van der Waals surface area contributed by atoms with E-state index < -0.39 is 29.2 Å². The smallest absolute Gasteiger partial charge is 0.206 e. The Labute approximate surface area is 184 Å². The third-order valence-electron chi connectivity index (χ3n) is 5.72. The molecule has 0 saturated heterocycles. The van der Waals surface area contributed by atoms with Gasteiger partial charge in [0.25, 0.3) is 0 Å². The van der Waals surface area contributed by atoms with Crippen LogP contribution in [0.1, 0.15) is 73.6 Å². The summed E-state index contributed by atoms with van der Waals surface area (Å²) in [6.45, 7) is 2.18. The van der Waals surface area contributed by atoms with Crippen LogP contribution in [0.2, 0.25) is 0 Å². The van der Waals surface area contributed by atoms with Gasteiger partial charge in [0.2, 0.25) is 0 Å². The van der Waals surface area contributed by atoms with E-state index in [4.69, 9.17) is 0 Å². The lowest BCUT2D eigenvalue weighted by Gasteiger charge is -2.28. The molecule has 1 aliphatic rings. The molecule has 0 aromatic heterocycles. The molecule has 32 heavy (non-hydrogen) atoms. The molecular weight excluding hydrogens is 426 g/mol. The second-order valence-electron chi connectivity index (χ2n) is 8.06. The summed E-state index contributed by atoms with van der Waals surface area (Å²) in [6, 6.07) is 6.39. The quantitative estimate of drug-likeness (QED) is 0.337. The SMILES string of the molecule is CCCC1CCC(c2ccc(C#Cc3cc(F)c(C#CC(F)(F)F)c(F)c3)c(F)c2)CC1. The van der Waals surface area contributed by atoms with Crippen LogP contribution in [0.15, 0.2) is 30.3 Å². The van der Waals surface area contributed by atoms with Crippen LogP contribution < -0.4 is 0 Å². The maximum Gasteiger partial charge on any atom is 0.458 e. The van der Waals surface area contributed by atoms with Gasteiger partial charge in [0, 0.05) is 11.5 Å². The number of halogens is 6. The normalized spacial score (nSPS) is 18.3. The molecule has 2 aromatic carbocycles. The predicted octanol–water partition coefficient (Wildman–Crippen LogP) is 7.49. The van der Waals surface area contributed by atoms with Gasteiger partial charge in [0.15, 0.2) is 0 Å². The summed E-state index contributed by atoms with van der Waals surface area (Å²) < 4.78 is 79.0. The van der Waals surface area contributed by atoms with E-state index in [9.17, 15) is 26.3 Å². The van der Waals surface area contributed by atoms with Crippen LogP contribution in [-0.2, 0) is 0 Å². The van der Waals surface area contributed by atoms with Crippen LogP contribution in [0.4, 0.5) is 26.3 Å². The van der Waals surface area contributed by atoms with Crippen LogP contribution in [0, 0.1) is 47.1 Å². The van der Waals surface area contributed by atoms with Gasteiger partial charge >= 0.3 is 6.18 Å². The molecule has 0 bridgehead atoms. The van der Waals surface area contributed by atoms with Crippen LogP contribution in [0.3, 0.4) is 0 Å². The van der Waals surface area contributed by atoms with E-state index in [1.807, 2.05) is 6.07 Å². The van der Waals surface area contributed by atoms with E-state index in [2.05, 4.69) is 18.8 Å². The zero-order valence-corrected chi connectivity index (χ0v) is 17.6. The van der Waals surface area contributed by atoms with E-state index in [0.717, 1.165) is 55.2 Å². The van der Waals surface area contributed by atoms with Crippen LogP contribution >= 0.6 is 0 Å². The molecule has 0 N–H and O–H groups in total. The van der Waals surface area contributed by atoms with Gasteiger partial charge in [-0.2, -0.15) is 13.2 Å². The lowest BCUT2D eigenvalue weighted by molar-refractivity contribution is -0.0696. The van der Waals surface area contributed by atoms with Crippen molar-refractivity contribution in [1.29, 1.82) is 0 Å². The third-order valence-corrected chi connectivity index (χ3v) is 5.72. The number of rotatable bonds is 3. The van der Waals surface area contributed by atoms with Crippen molar-refractivity contribution in [1.82, 2.24) is 0 Å². The van der Waals surface area contributed by atoms with Gasteiger partial charge < -0.3 is 0 Å². The fourth-order valence-corrected chi connectivity index (χ4v) is 4.12. The van der Waals surface area contributed by atoms with Gasteiger partial charge in [-0.15, -0.1) is 0 Å². The lowest BCUT2D eigenvalue weighted by atomic mass is 9.77. The zero-order valence-electron chi connectivity index (χ0n) is 17.6. The van der Waals surface area contributed by atoms with Gasteiger partial charge in [0.1, 0.15) is 17.5 Å². The van der Waals surface area contributed by atoms with Crippen LogP contribution in [0.5, 0.6) is 0 Å². The molecule has 0 spiro atoms. The molecule has 0 unspecified atom stereocenters. The Bertz CT molecular complexity index is 1060. The van der Waals surface area contributed by atoms with Gasteiger partial charge in [-0.05, 0) is 67.3 Å². The number of hydrogen-bond donors (Lipinski definition) is 0. The largest absolute Gasteiger partial charge is 0.458 e. The minimum Gasteiger partial charge on any atom is -0.206 e. The molecular formula is C26H22F6. The van der Waals surface area contributed by atoms with Crippen molar-refractivity contribution >= 4 is 0 Å². The topological polar surface area (TPSA) is 0 Å². The summed E-state index contributed by atoms with van der Waals surface area (Å²) in [7, 11) is 0. The Hall–Kier alpha value is -2.86. The van der Waals surface area contributed by atoms with Gasteiger partial charge in [-0.25, -0.2) is 13.2 Å². The summed E-state index contributed by atoms with van der Waals surface area (Å²) in [5, 5.41) is 0. The molecule has 0 aliphatic heterocycles. The number of alkyl halides is 3. The van der Waals surface area contributed by atoms with Crippen molar-refractivity contribution in [3.63, 3.8) is 0 Å². The van der Waals surface area contributed by atoms with E-state index >= 15 is 0 Å². The summed E-state index contributed by atoms with van der Waals surface area (Å²) >= 11 is 0. The zero-order chi connectivity index (χ0) is 23.3. The maximum absolute atomic E-state index is 14.6. The minimum absolute atomic E-state index is 0.0789. The first-order valence-electron chi connectivity index (χ1n) is 10.6. The molecule has 0 amide bonds. The van der Waals surface area contributed by atoms with Crippen molar-refractivity contribution in [3.05, 3.63) is 70.0 Å². The van der Waals surface area contributed by atoms with Crippen molar-refractivity contribution in [3.8, 4) is 23.7 Å². The molecule has 3 rings (SSSR count). The van der Waals surface area contributed by atoms with Crippen molar-refractivity contribution in [2.75, 3.05) is 0 Å². The van der Waals surface area contributed by atoms with Gasteiger partial charge in [0.05, 0.1) is 11.1 Å². The highest BCUT2D eigenvalue weighted by Gasteiger charge is 2.24. The van der Waals surface area contributed by atoms with Gasteiger partial charge in [-0.1, -0.05) is 43.6 Å². The average molecular weight is 448 g/mol. The fraction of sp³-hybridized carbons (Fsp3) is 0.385. The van der Waals surface area contributed by atoms with E-state index in [1.165, 1.54) is 24.8 Å². The summed E-state index contributed by atoms with van der Waals surface area (Å²) in [6.07, 6.45) is 1.87. The summed E-state index contributed by atoms with van der Waals surface area (Å²) in [5.74, 6) is 5.30. The lowest BCUT2D eigenvalue weighted by Crippen LogP contribution is -2.13. The predicted molar refractivity (Wildman–Crippen MR) is 111 cm³/mol. The molecule has 0 radical (unpaired) electrons. The number of benzene rings is 2. The van der Waals surface area contributed by atoms with Crippen molar-refractivity contribution in [2.45, 2.75) is 57.5 Å². The van der Waals surface area contributed by atoms with E-state index in [0.29, 0.717) is 5.92 Å². The third kappa shape index (κ3) is 6.33. The van der Waals surface area contributed by atoms with Gasteiger partial charge in [-0.3, -0.25) is 0 Å². The Morgan fingerprint density at radius 3 is 2.06 bits per heavy atom. The monoisotopic (exact) mass is 448 g/mol. The number of hydrogen-bond acceptors (Lipinski definition) is 0. The molecule has 0 heterocycles. The molecule has 0 atom stereocenters. The van der Waals surface area contributed by atoms with Crippen molar-refractivity contribution in [2.24, 2.45) is 5.92 Å². The molecule has 1 fully saturated rings. The standard InChI is InChI=1S/C26H22F6/c1-2-3-17-4-7-19(8-5-17)21-11-10-20(23(27)16-21)9-6-18-14-24(28)22(25(29)15-18)12-13-26(30,31)32/h10-11,14-17,19H,2-5,7-8H2,1H3. The van der Waals surface area contributed by atoms with Crippen molar-refractivity contribution < 1.29 is 26.3 Å². The molecule has 168 valence electrons. The fourth-order valence-electron chi connectivity index (χ4n) is 4.12. The van der Waals surface area contributed by atoms with Crippen LogP contribution in [-0.4, -0.2) is 6.18 Å². The average Bonchev–Trinajstić information content (AvgIpc) is 2.72. The first kappa shape index (κ1) is 23.8. The molecule has 2 aromatic rings. The second-order valence-corrected chi connectivity index (χ2v) is 8.06. The minimum atomic E-state index is -4.87. The second kappa shape index (κ2) is 10.2. The molecule has 1 aliphatic carbocycles. The first-order valence-corrected chi connectivity index (χ1v) is 10.6. The summed E-state index contributed by atoms with van der Waals surface area (Å²) in [4.78, 5) is 0. The highest BCUT2D eigenvalue weighted by atomic mass is 19.4.